The molecule has 0 atom stereocenters. The number of likely N-dealkylation sites (N-methyl/N-ethyl adjacent to an activating group) is 2. The number of nitrogens with one attached hydrogen (secondary N) is 1. The van der Waals surface area contributed by atoms with Crippen molar-refractivity contribution in [2.75, 3.05) is 66.5 Å². The summed E-state index contributed by atoms with van der Waals surface area (Å²) in [5, 5.41) is 3.27. The van der Waals surface area contributed by atoms with E-state index in [1.807, 2.05) is 4.90 Å². The molecule has 1 N–H and O–H groups in total. The predicted octanol–water partition coefficient (Wildman–Crippen LogP) is -0.698. The Morgan fingerprint density at radius 3 is 1.71 bits per heavy atom. The monoisotopic (exact) mass is 242 g/mol. The van der Waals surface area contributed by atoms with Gasteiger partial charge in [0.05, 0.1) is 0 Å². The molecular weight excluding hydrogens is 216 g/mol. The number of hydrogen-bond donors (Lipinski definition) is 1. The molecule has 2 aliphatic rings. The van der Waals surface area contributed by atoms with Crippen LogP contribution < -0.4 is 5.32 Å². The first kappa shape index (κ1) is 14.4. The second-order valence-corrected chi connectivity index (χ2v) is 4.86. The van der Waals surface area contributed by atoms with Crippen molar-refractivity contribution >= 4 is 5.91 Å². The fraction of sp³-hybridized carbons (Fsp3) is 0.917. The topological polar surface area (TPSA) is 38.8 Å². The summed E-state index contributed by atoms with van der Waals surface area (Å²) in [5.41, 5.74) is 0. The van der Waals surface area contributed by atoms with Crippen molar-refractivity contribution in [1.82, 2.24) is 20.0 Å². The molecular formula is C12H26N4O. The van der Waals surface area contributed by atoms with Crippen molar-refractivity contribution in [1.29, 1.82) is 0 Å². The van der Waals surface area contributed by atoms with Crippen LogP contribution in [-0.4, -0.2) is 87.1 Å². The van der Waals surface area contributed by atoms with Crippen LogP contribution in [0.5, 0.6) is 0 Å². The zero-order chi connectivity index (χ0) is 12.7. The number of amides is 1. The minimum atomic E-state index is 0.202. The highest BCUT2D eigenvalue weighted by Crippen LogP contribution is 1.98. The quantitative estimate of drug-likeness (QED) is 0.610. The maximum Gasteiger partial charge on any atom is 0.219 e. The molecule has 0 unspecified atom stereocenters. The van der Waals surface area contributed by atoms with E-state index in [-0.39, 0.29) is 5.91 Å². The van der Waals surface area contributed by atoms with E-state index in [0.29, 0.717) is 0 Å². The van der Waals surface area contributed by atoms with Crippen LogP contribution in [0, 0.1) is 0 Å². The molecule has 0 saturated carbocycles. The summed E-state index contributed by atoms with van der Waals surface area (Å²) in [7, 11) is 4.23. The van der Waals surface area contributed by atoms with Gasteiger partial charge in [-0.25, -0.2) is 0 Å². The number of piperazine rings is 2. The Labute approximate surface area is 105 Å². The highest BCUT2D eigenvalue weighted by atomic mass is 16.2. The second kappa shape index (κ2) is 7.63. The van der Waals surface area contributed by atoms with Gasteiger partial charge < -0.3 is 20.0 Å². The molecule has 2 heterocycles. The Morgan fingerprint density at radius 2 is 1.35 bits per heavy atom. The third-order valence-electron chi connectivity index (χ3n) is 3.29. The summed E-state index contributed by atoms with van der Waals surface area (Å²) in [6, 6.07) is 0. The first-order valence-electron chi connectivity index (χ1n) is 6.43. The molecule has 0 bridgehead atoms. The SMILES string of the molecule is CC(=O)N1CCN(C)CC1.CN1CCNCC1. The van der Waals surface area contributed by atoms with E-state index in [1.165, 1.54) is 13.1 Å². The normalized spacial score (nSPS) is 22.9. The van der Waals surface area contributed by atoms with Crippen LogP contribution in [0.25, 0.3) is 0 Å². The van der Waals surface area contributed by atoms with Gasteiger partial charge in [-0.15, -0.1) is 0 Å². The van der Waals surface area contributed by atoms with Crippen molar-refractivity contribution in [2.24, 2.45) is 0 Å². The summed E-state index contributed by atoms with van der Waals surface area (Å²) in [5.74, 6) is 0.202. The highest BCUT2D eigenvalue weighted by Gasteiger charge is 2.14. The summed E-state index contributed by atoms with van der Waals surface area (Å²) in [6.07, 6.45) is 0. The molecule has 2 saturated heterocycles. The van der Waals surface area contributed by atoms with Crippen LogP contribution in [-0.2, 0) is 4.79 Å². The minimum absolute atomic E-state index is 0.202. The van der Waals surface area contributed by atoms with E-state index in [4.69, 9.17) is 0 Å². The summed E-state index contributed by atoms with van der Waals surface area (Å²) >= 11 is 0. The molecule has 0 radical (unpaired) electrons. The minimum Gasteiger partial charge on any atom is -0.340 e. The Kier molecular flexibility index (Phi) is 6.47. The molecule has 2 aliphatic heterocycles. The van der Waals surface area contributed by atoms with Gasteiger partial charge in [0.15, 0.2) is 0 Å². The van der Waals surface area contributed by atoms with Crippen molar-refractivity contribution in [3.8, 4) is 0 Å². The molecule has 5 heteroatoms. The Balaban J connectivity index is 0.000000181. The van der Waals surface area contributed by atoms with E-state index in [2.05, 4.69) is 29.2 Å². The van der Waals surface area contributed by atoms with E-state index in [0.717, 1.165) is 39.3 Å². The predicted molar refractivity (Wildman–Crippen MR) is 70.1 cm³/mol. The van der Waals surface area contributed by atoms with Crippen LogP contribution in [0.4, 0.5) is 0 Å². The van der Waals surface area contributed by atoms with Gasteiger partial charge in [-0.3, -0.25) is 4.79 Å². The number of carbonyl (C=O) groups excluding carboxylic acids is 1. The lowest BCUT2D eigenvalue weighted by Crippen LogP contribution is -2.46. The molecule has 1 amide bonds. The smallest absolute Gasteiger partial charge is 0.219 e. The largest absolute Gasteiger partial charge is 0.340 e. The van der Waals surface area contributed by atoms with E-state index >= 15 is 0 Å². The van der Waals surface area contributed by atoms with Crippen LogP contribution in [0.15, 0.2) is 0 Å². The Hall–Kier alpha value is -0.650. The van der Waals surface area contributed by atoms with Crippen LogP contribution in [0.2, 0.25) is 0 Å². The molecule has 0 aromatic carbocycles. The van der Waals surface area contributed by atoms with Gasteiger partial charge in [-0.05, 0) is 14.1 Å². The lowest BCUT2D eigenvalue weighted by molar-refractivity contribution is -0.130. The highest BCUT2D eigenvalue weighted by molar-refractivity contribution is 5.73. The van der Waals surface area contributed by atoms with Crippen molar-refractivity contribution in [3.63, 3.8) is 0 Å². The van der Waals surface area contributed by atoms with E-state index < -0.39 is 0 Å². The molecule has 100 valence electrons. The second-order valence-electron chi connectivity index (χ2n) is 4.86. The molecule has 0 spiro atoms. The van der Waals surface area contributed by atoms with Gasteiger partial charge in [-0.1, -0.05) is 0 Å². The van der Waals surface area contributed by atoms with Gasteiger partial charge in [-0.2, -0.15) is 0 Å². The number of nitrogens with zero attached hydrogens (tertiary/aromatic N) is 3. The average Bonchev–Trinajstić information content (AvgIpc) is 2.31. The van der Waals surface area contributed by atoms with Crippen molar-refractivity contribution < 1.29 is 4.79 Å². The molecule has 0 aromatic rings. The Morgan fingerprint density at radius 1 is 0.882 bits per heavy atom. The van der Waals surface area contributed by atoms with Crippen molar-refractivity contribution in [3.05, 3.63) is 0 Å². The maximum atomic E-state index is 10.8. The summed E-state index contributed by atoms with van der Waals surface area (Å²) in [4.78, 5) is 17.3. The number of rotatable bonds is 0. The fourth-order valence-corrected chi connectivity index (χ4v) is 1.90. The number of hydrogen-bond acceptors (Lipinski definition) is 4. The van der Waals surface area contributed by atoms with Gasteiger partial charge in [0.25, 0.3) is 0 Å². The van der Waals surface area contributed by atoms with Gasteiger partial charge in [0.2, 0.25) is 5.91 Å². The third-order valence-corrected chi connectivity index (χ3v) is 3.29. The first-order chi connectivity index (χ1) is 8.09. The van der Waals surface area contributed by atoms with Crippen LogP contribution in [0.3, 0.4) is 0 Å². The third kappa shape index (κ3) is 6.00. The van der Waals surface area contributed by atoms with Gasteiger partial charge in [0, 0.05) is 59.3 Å². The first-order valence-corrected chi connectivity index (χ1v) is 6.43. The molecule has 0 aliphatic carbocycles. The number of carbonyl (C=O) groups is 1. The summed E-state index contributed by atoms with van der Waals surface area (Å²) < 4.78 is 0. The molecule has 2 rings (SSSR count). The molecule has 17 heavy (non-hydrogen) atoms. The average molecular weight is 242 g/mol. The standard InChI is InChI=1S/C7H14N2O.C5H12N2/c1-7(10)9-5-3-8(2)4-6-9;1-7-4-2-6-3-5-7/h3-6H2,1-2H3;6H,2-5H2,1H3. The molecule has 5 nitrogen and oxygen atoms in total. The molecule has 2 fully saturated rings. The maximum absolute atomic E-state index is 10.8. The fourth-order valence-electron chi connectivity index (χ4n) is 1.90. The van der Waals surface area contributed by atoms with Crippen LogP contribution >= 0.6 is 0 Å². The van der Waals surface area contributed by atoms with Gasteiger partial charge >= 0.3 is 0 Å². The van der Waals surface area contributed by atoms with Gasteiger partial charge in [0.1, 0.15) is 0 Å². The zero-order valence-corrected chi connectivity index (χ0v) is 11.4. The Bertz CT molecular complexity index is 221. The lowest BCUT2D eigenvalue weighted by atomic mass is 10.3. The zero-order valence-electron chi connectivity index (χ0n) is 11.4. The molecule has 0 aromatic heterocycles. The van der Waals surface area contributed by atoms with Crippen molar-refractivity contribution in [2.45, 2.75) is 6.92 Å². The van der Waals surface area contributed by atoms with E-state index in [9.17, 15) is 4.79 Å². The lowest BCUT2D eigenvalue weighted by Gasteiger charge is -2.31. The summed E-state index contributed by atoms with van der Waals surface area (Å²) in [6.45, 7) is 10.2. The van der Waals surface area contributed by atoms with E-state index in [1.54, 1.807) is 6.92 Å². The van der Waals surface area contributed by atoms with Crippen LogP contribution in [0.1, 0.15) is 6.92 Å².